The number of aryl methyl sites for hydroxylation is 2. The van der Waals surface area contributed by atoms with Crippen LogP contribution < -0.4 is 11.1 Å². The highest BCUT2D eigenvalue weighted by atomic mass is 35.5. The van der Waals surface area contributed by atoms with E-state index in [0.717, 1.165) is 17.7 Å². The second-order valence-electron chi connectivity index (χ2n) is 5.16. The van der Waals surface area contributed by atoms with E-state index in [1.807, 2.05) is 18.2 Å². The fourth-order valence-corrected chi connectivity index (χ4v) is 3.72. The summed E-state index contributed by atoms with van der Waals surface area (Å²) in [5, 5.41) is 2.90. The molecule has 1 aliphatic rings. The minimum atomic E-state index is -0.0547. The Morgan fingerprint density at radius 3 is 2.71 bits per heavy atom. The topological polar surface area (TPSA) is 55.1 Å². The summed E-state index contributed by atoms with van der Waals surface area (Å²) in [4.78, 5) is 14.5. The van der Waals surface area contributed by atoms with Crippen LogP contribution in [-0.4, -0.2) is 5.91 Å². The Labute approximate surface area is 135 Å². The van der Waals surface area contributed by atoms with Crippen molar-refractivity contribution in [2.24, 2.45) is 0 Å². The minimum Gasteiger partial charge on any atom is -0.397 e. The molecule has 3 nitrogen and oxygen atoms in total. The van der Waals surface area contributed by atoms with Crippen molar-refractivity contribution in [2.45, 2.75) is 32.1 Å². The SMILES string of the molecule is Cl.Nc1ccccc1NC(=O)c1cc2c(s1)CCCCC2. The number of fused-ring (bicyclic) bond motifs is 1. The van der Waals surface area contributed by atoms with Crippen LogP contribution in [0.4, 0.5) is 11.4 Å². The second kappa shape index (κ2) is 6.96. The summed E-state index contributed by atoms with van der Waals surface area (Å²) in [5.74, 6) is -0.0547. The van der Waals surface area contributed by atoms with Crippen LogP contribution in [0, 0.1) is 0 Å². The Morgan fingerprint density at radius 1 is 1.14 bits per heavy atom. The molecule has 3 N–H and O–H groups in total. The molecule has 2 aromatic rings. The second-order valence-corrected chi connectivity index (χ2v) is 6.30. The quantitative estimate of drug-likeness (QED) is 0.640. The van der Waals surface area contributed by atoms with E-state index < -0.39 is 0 Å². The van der Waals surface area contributed by atoms with Gasteiger partial charge in [0.2, 0.25) is 0 Å². The number of carbonyl (C=O) groups excluding carboxylic acids is 1. The zero-order chi connectivity index (χ0) is 13.9. The van der Waals surface area contributed by atoms with Gasteiger partial charge < -0.3 is 11.1 Å². The predicted octanol–water partition coefficient (Wildman–Crippen LogP) is 4.27. The maximum absolute atomic E-state index is 12.3. The van der Waals surface area contributed by atoms with E-state index in [2.05, 4.69) is 11.4 Å². The first-order valence-electron chi connectivity index (χ1n) is 7.01. The van der Waals surface area contributed by atoms with Crippen LogP contribution in [0.15, 0.2) is 30.3 Å². The first-order valence-corrected chi connectivity index (χ1v) is 7.83. The lowest BCUT2D eigenvalue weighted by Gasteiger charge is -2.06. The van der Waals surface area contributed by atoms with E-state index in [4.69, 9.17) is 5.73 Å². The molecule has 5 heteroatoms. The number of anilines is 2. The van der Waals surface area contributed by atoms with Crippen molar-refractivity contribution in [1.82, 2.24) is 0 Å². The van der Waals surface area contributed by atoms with E-state index >= 15 is 0 Å². The van der Waals surface area contributed by atoms with E-state index in [-0.39, 0.29) is 18.3 Å². The molecule has 0 unspecified atom stereocenters. The summed E-state index contributed by atoms with van der Waals surface area (Å²) in [7, 11) is 0. The van der Waals surface area contributed by atoms with Crippen molar-refractivity contribution < 1.29 is 4.79 Å². The number of nitrogens with two attached hydrogens (primary N) is 1. The summed E-state index contributed by atoms with van der Waals surface area (Å²) in [6, 6.07) is 9.40. The lowest BCUT2D eigenvalue weighted by Crippen LogP contribution is -2.11. The average Bonchev–Trinajstić information content (AvgIpc) is 2.73. The van der Waals surface area contributed by atoms with Crippen molar-refractivity contribution in [3.63, 3.8) is 0 Å². The van der Waals surface area contributed by atoms with Crippen molar-refractivity contribution in [2.75, 3.05) is 11.1 Å². The van der Waals surface area contributed by atoms with Gasteiger partial charge in [0.15, 0.2) is 0 Å². The van der Waals surface area contributed by atoms with Crippen LogP contribution >= 0.6 is 23.7 Å². The normalized spacial score (nSPS) is 13.7. The molecule has 0 bridgehead atoms. The number of amides is 1. The number of rotatable bonds is 2. The largest absolute Gasteiger partial charge is 0.397 e. The van der Waals surface area contributed by atoms with Crippen LogP contribution in [0.1, 0.15) is 39.4 Å². The van der Waals surface area contributed by atoms with Crippen LogP contribution in [0.3, 0.4) is 0 Å². The molecule has 1 aliphatic carbocycles. The molecule has 21 heavy (non-hydrogen) atoms. The third-order valence-corrected chi connectivity index (χ3v) is 4.92. The lowest BCUT2D eigenvalue weighted by atomic mass is 10.1. The molecule has 1 amide bonds. The first-order chi connectivity index (χ1) is 9.74. The fourth-order valence-electron chi connectivity index (χ4n) is 2.57. The number of halogens is 1. The highest BCUT2D eigenvalue weighted by Crippen LogP contribution is 2.29. The third kappa shape index (κ3) is 3.57. The van der Waals surface area contributed by atoms with Gasteiger partial charge in [0, 0.05) is 4.88 Å². The maximum atomic E-state index is 12.3. The molecule has 3 rings (SSSR count). The van der Waals surface area contributed by atoms with E-state index in [1.165, 1.54) is 29.7 Å². The number of nitrogen functional groups attached to an aromatic ring is 1. The van der Waals surface area contributed by atoms with Gasteiger partial charge in [-0.05, 0) is 49.4 Å². The van der Waals surface area contributed by atoms with E-state index in [0.29, 0.717) is 11.4 Å². The van der Waals surface area contributed by atoms with Crippen molar-refractivity contribution in [3.8, 4) is 0 Å². The molecule has 1 aromatic heterocycles. The summed E-state index contributed by atoms with van der Waals surface area (Å²) in [5.41, 5.74) is 8.49. The van der Waals surface area contributed by atoms with Crippen LogP contribution in [-0.2, 0) is 12.8 Å². The van der Waals surface area contributed by atoms with Crippen LogP contribution in [0.2, 0.25) is 0 Å². The van der Waals surface area contributed by atoms with Gasteiger partial charge in [0.05, 0.1) is 16.3 Å². The molecule has 0 fully saturated rings. The number of benzene rings is 1. The number of hydrogen-bond acceptors (Lipinski definition) is 3. The molecule has 0 spiro atoms. The van der Waals surface area contributed by atoms with Crippen molar-refractivity contribution >= 4 is 41.0 Å². The Balaban J connectivity index is 0.00000161. The Hall–Kier alpha value is -1.52. The molecular formula is C16H19ClN2OS. The number of para-hydroxylation sites is 2. The van der Waals surface area contributed by atoms with Gasteiger partial charge in [-0.3, -0.25) is 4.79 Å². The monoisotopic (exact) mass is 322 g/mol. The van der Waals surface area contributed by atoms with Crippen LogP contribution in [0.25, 0.3) is 0 Å². The summed E-state index contributed by atoms with van der Waals surface area (Å²) >= 11 is 1.63. The Bertz CT molecular complexity index is 615. The Kier molecular flexibility index (Phi) is 5.26. The number of carbonyl (C=O) groups is 1. The van der Waals surface area contributed by atoms with Gasteiger partial charge in [0.25, 0.3) is 5.91 Å². The summed E-state index contributed by atoms with van der Waals surface area (Å²) in [6.07, 6.45) is 5.98. The molecule has 0 saturated carbocycles. The number of hydrogen-bond donors (Lipinski definition) is 2. The highest BCUT2D eigenvalue weighted by molar-refractivity contribution is 7.14. The van der Waals surface area contributed by atoms with Gasteiger partial charge >= 0.3 is 0 Å². The molecular weight excluding hydrogens is 304 g/mol. The maximum Gasteiger partial charge on any atom is 0.265 e. The molecule has 0 radical (unpaired) electrons. The molecule has 112 valence electrons. The van der Waals surface area contributed by atoms with Crippen molar-refractivity contribution in [3.05, 3.63) is 45.6 Å². The third-order valence-electron chi connectivity index (χ3n) is 3.68. The fraction of sp³-hybridized carbons (Fsp3) is 0.312. The summed E-state index contributed by atoms with van der Waals surface area (Å²) < 4.78 is 0. The van der Waals surface area contributed by atoms with Gasteiger partial charge in [-0.15, -0.1) is 23.7 Å². The molecule has 1 heterocycles. The van der Waals surface area contributed by atoms with Gasteiger partial charge in [0.1, 0.15) is 0 Å². The van der Waals surface area contributed by atoms with Crippen molar-refractivity contribution in [1.29, 1.82) is 0 Å². The number of nitrogens with one attached hydrogen (secondary N) is 1. The minimum absolute atomic E-state index is 0. The van der Waals surface area contributed by atoms with Gasteiger partial charge in [-0.25, -0.2) is 0 Å². The zero-order valence-electron chi connectivity index (χ0n) is 11.7. The van der Waals surface area contributed by atoms with Gasteiger partial charge in [-0.2, -0.15) is 0 Å². The molecule has 1 aromatic carbocycles. The number of thiophene rings is 1. The van der Waals surface area contributed by atoms with E-state index in [1.54, 1.807) is 17.4 Å². The molecule has 0 saturated heterocycles. The highest BCUT2D eigenvalue weighted by Gasteiger charge is 2.16. The zero-order valence-corrected chi connectivity index (χ0v) is 13.4. The van der Waals surface area contributed by atoms with Crippen LogP contribution in [0.5, 0.6) is 0 Å². The standard InChI is InChI=1S/C16H18N2OS.ClH/c17-12-7-4-5-8-13(12)18-16(19)15-10-11-6-2-1-3-9-14(11)20-15;/h4-5,7-8,10H,1-3,6,9,17H2,(H,18,19);1H. The van der Waals surface area contributed by atoms with Gasteiger partial charge in [-0.1, -0.05) is 18.6 Å². The molecule has 0 aliphatic heterocycles. The van der Waals surface area contributed by atoms with E-state index in [9.17, 15) is 4.79 Å². The molecule has 0 atom stereocenters. The lowest BCUT2D eigenvalue weighted by molar-refractivity contribution is 0.103. The predicted molar refractivity (Wildman–Crippen MR) is 91.6 cm³/mol. The smallest absolute Gasteiger partial charge is 0.265 e. The first kappa shape index (κ1) is 15.9. The summed E-state index contributed by atoms with van der Waals surface area (Å²) in [6.45, 7) is 0. The average molecular weight is 323 g/mol. The Morgan fingerprint density at radius 2 is 1.90 bits per heavy atom.